The van der Waals surface area contributed by atoms with Crippen molar-refractivity contribution in [2.45, 2.75) is 200 Å². The van der Waals surface area contributed by atoms with Crippen molar-refractivity contribution in [2.24, 2.45) is 5.92 Å². The first-order valence-corrected chi connectivity index (χ1v) is 24.3. The fourth-order valence-corrected chi connectivity index (χ4v) is 8.25. The molecule has 1 saturated heterocycles. The highest BCUT2D eigenvalue weighted by Gasteiger charge is 2.41. The normalized spacial score (nSPS) is 21.6. The van der Waals surface area contributed by atoms with Crippen LogP contribution in [0.25, 0.3) is 0 Å². The molecule has 0 N–H and O–H groups in total. The summed E-state index contributed by atoms with van der Waals surface area (Å²) in [5.74, 6) is 0.0161. The summed E-state index contributed by atoms with van der Waals surface area (Å²) in [5, 5.41) is 0.335. The fourth-order valence-electron chi connectivity index (χ4n) is 5.79. The lowest BCUT2D eigenvalue weighted by Crippen LogP contribution is -2.47. The highest BCUT2D eigenvalue weighted by Crippen LogP contribution is 2.40. The summed E-state index contributed by atoms with van der Waals surface area (Å²) in [4.78, 5) is 0. The fraction of sp³-hybridized carbons (Fsp3) is 0.846. The Kier molecular flexibility index (Phi) is 16.2. The van der Waals surface area contributed by atoms with Crippen LogP contribution in [0.15, 0.2) is 30.3 Å². The van der Waals surface area contributed by atoms with E-state index in [4.69, 9.17) is 23.1 Å². The summed E-state index contributed by atoms with van der Waals surface area (Å²) < 4.78 is 33.4. The van der Waals surface area contributed by atoms with Gasteiger partial charge in [-0.05, 0) is 100 Å². The van der Waals surface area contributed by atoms with E-state index >= 15 is 0 Å². The number of rotatable bonds is 19. The van der Waals surface area contributed by atoms with E-state index in [1.165, 1.54) is 24.8 Å². The summed E-state index contributed by atoms with van der Waals surface area (Å²) in [6.07, 6.45) is 10.3. The van der Waals surface area contributed by atoms with Gasteiger partial charge >= 0.3 is 0 Å². The van der Waals surface area contributed by atoms with Gasteiger partial charge in [-0.25, -0.2) is 0 Å². The molecule has 5 nitrogen and oxygen atoms in total. The van der Waals surface area contributed by atoms with Crippen molar-refractivity contribution in [1.29, 1.82) is 0 Å². The Hall–Kier alpha value is -0.546. The maximum atomic E-state index is 7.18. The van der Waals surface area contributed by atoms with Crippen LogP contribution < -0.4 is 0 Å². The molecule has 1 heterocycles. The van der Waals surface area contributed by atoms with Crippen molar-refractivity contribution in [3.63, 3.8) is 0 Å². The highest BCUT2D eigenvalue weighted by molar-refractivity contribution is 6.74. The van der Waals surface area contributed by atoms with E-state index < -0.39 is 22.4 Å². The quantitative estimate of drug-likeness (QED) is 0.136. The summed E-state index contributed by atoms with van der Waals surface area (Å²) in [5.41, 5.74) is 1.21. The van der Waals surface area contributed by atoms with Crippen LogP contribution in [0.3, 0.4) is 0 Å². The molecule has 0 unspecified atom stereocenters. The van der Waals surface area contributed by atoms with E-state index in [9.17, 15) is 0 Å². The van der Waals surface area contributed by atoms with Crippen LogP contribution in [-0.4, -0.2) is 53.4 Å². The van der Waals surface area contributed by atoms with E-state index in [0.29, 0.717) is 12.5 Å². The molecule has 0 spiro atoms. The first-order chi connectivity index (χ1) is 21.2. The van der Waals surface area contributed by atoms with Gasteiger partial charge in [-0.3, -0.25) is 0 Å². The highest BCUT2D eigenvalue weighted by atomic mass is 28.4. The second kappa shape index (κ2) is 17.9. The van der Waals surface area contributed by atoms with E-state index in [1.54, 1.807) is 0 Å². The number of hydrogen-bond acceptors (Lipinski definition) is 5. The number of unbranched alkanes of at least 4 members (excludes halogenated alkanes) is 1. The Bertz CT molecular complexity index is 982. The molecule has 0 bridgehead atoms. The molecule has 5 atom stereocenters. The second-order valence-corrected chi connectivity index (χ2v) is 27.2. The average Bonchev–Trinajstić information content (AvgIpc) is 2.92. The Balaban J connectivity index is 2.17. The molecule has 1 aromatic rings. The zero-order valence-electron chi connectivity index (χ0n) is 32.6. The zero-order valence-corrected chi connectivity index (χ0v) is 34.6. The summed E-state index contributed by atoms with van der Waals surface area (Å²) >= 11 is 0. The maximum absolute atomic E-state index is 7.18. The molecule has 0 radical (unpaired) electrons. The molecule has 1 aliphatic heterocycles. The summed E-state index contributed by atoms with van der Waals surface area (Å²) in [7, 11) is -3.83. The largest absolute Gasteiger partial charge is 0.417 e. The van der Waals surface area contributed by atoms with Gasteiger partial charge in [0.05, 0.1) is 24.9 Å². The number of benzene rings is 1. The smallest absolute Gasteiger partial charge is 0.192 e. The van der Waals surface area contributed by atoms with Crippen molar-refractivity contribution in [3.05, 3.63) is 35.9 Å². The molecule has 46 heavy (non-hydrogen) atoms. The van der Waals surface area contributed by atoms with Gasteiger partial charge in [0.15, 0.2) is 22.4 Å². The monoisotopic (exact) mass is 679 g/mol. The van der Waals surface area contributed by atoms with Crippen molar-refractivity contribution in [3.8, 4) is 0 Å². The predicted octanol–water partition coefficient (Wildman–Crippen LogP) is 11.7. The molecule has 268 valence electrons. The molecule has 0 aromatic heterocycles. The van der Waals surface area contributed by atoms with Crippen LogP contribution in [0.2, 0.25) is 36.3 Å². The molecule has 7 heteroatoms. The third kappa shape index (κ3) is 14.1. The first-order valence-electron chi connectivity index (χ1n) is 18.5. The number of ether oxygens (including phenoxy) is 3. The van der Waals surface area contributed by atoms with Crippen LogP contribution in [0, 0.1) is 5.92 Å². The van der Waals surface area contributed by atoms with E-state index in [0.717, 1.165) is 45.1 Å². The zero-order chi connectivity index (χ0) is 34.8. The van der Waals surface area contributed by atoms with Gasteiger partial charge in [0.25, 0.3) is 0 Å². The Morgan fingerprint density at radius 1 is 0.848 bits per heavy atom. The van der Waals surface area contributed by atoms with E-state index in [2.05, 4.69) is 126 Å². The van der Waals surface area contributed by atoms with Crippen LogP contribution in [0.5, 0.6) is 0 Å². The van der Waals surface area contributed by atoms with Gasteiger partial charge < -0.3 is 23.1 Å². The average molecular weight is 679 g/mol. The Labute approximate surface area is 287 Å². The van der Waals surface area contributed by atoms with Gasteiger partial charge in [0, 0.05) is 19.1 Å². The second-order valence-electron chi connectivity index (χ2n) is 17.6. The topological polar surface area (TPSA) is 46.2 Å². The first kappa shape index (κ1) is 41.6. The molecule has 1 fully saturated rings. The molecular formula is C39H74O5Si2. The lowest BCUT2D eigenvalue weighted by Gasteiger charge is -2.43. The molecule has 1 aromatic carbocycles. The minimum absolute atomic E-state index is 0.0711. The third-order valence-corrected chi connectivity index (χ3v) is 20.0. The van der Waals surface area contributed by atoms with Gasteiger partial charge in [-0.15, -0.1) is 0 Å². The maximum Gasteiger partial charge on any atom is 0.192 e. The minimum Gasteiger partial charge on any atom is -0.417 e. The molecule has 2 rings (SSSR count). The van der Waals surface area contributed by atoms with Crippen LogP contribution >= 0.6 is 0 Å². The SMILES string of the molecule is CCCC[C@H](C)[C@H]1C[C@H](CCC[C@@H](C[C@H](CCO[Si](C)(C)C(C)(C)C)OCc2ccccc2)O[Si](C)(C)C(C)(C)C)OC(C)(C)O1. The standard InChI is InChI=1S/C39H74O5Si2/c1-15-16-21-31(2)36-29-34(42-39(9,10)43-36)24-20-25-35(44-46(13,14)38(6,7)8)28-33(40-30-32-22-18-17-19-23-32)26-27-41-45(11,12)37(3,4)5/h17-19,22-23,31,33-36H,15-16,20-21,24-30H2,1-14H3/t31-,33-,34-,35-,36+/m0/s1. The van der Waals surface area contributed by atoms with Crippen molar-refractivity contribution in [2.75, 3.05) is 6.61 Å². The van der Waals surface area contributed by atoms with Gasteiger partial charge in [0.2, 0.25) is 0 Å². The lowest BCUT2D eigenvalue weighted by molar-refractivity contribution is -0.308. The molecular weight excluding hydrogens is 605 g/mol. The van der Waals surface area contributed by atoms with Crippen molar-refractivity contribution >= 4 is 16.6 Å². The van der Waals surface area contributed by atoms with E-state index in [1.807, 2.05) is 0 Å². The Morgan fingerprint density at radius 3 is 2.07 bits per heavy atom. The van der Waals surface area contributed by atoms with Crippen molar-refractivity contribution < 1.29 is 23.1 Å². The lowest BCUT2D eigenvalue weighted by atomic mass is 9.90. The minimum atomic E-state index is -1.99. The molecule has 0 aliphatic carbocycles. The molecule has 0 amide bonds. The molecule has 0 saturated carbocycles. The molecule has 1 aliphatic rings. The van der Waals surface area contributed by atoms with Gasteiger partial charge in [-0.1, -0.05) is 98.6 Å². The van der Waals surface area contributed by atoms with E-state index in [-0.39, 0.29) is 34.5 Å². The van der Waals surface area contributed by atoms with Crippen LogP contribution in [0.4, 0.5) is 0 Å². The van der Waals surface area contributed by atoms with Crippen LogP contribution in [-0.2, 0) is 29.7 Å². The Morgan fingerprint density at radius 2 is 1.48 bits per heavy atom. The predicted molar refractivity (Wildman–Crippen MR) is 200 cm³/mol. The number of hydrogen-bond donors (Lipinski definition) is 0. The van der Waals surface area contributed by atoms with Crippen molar-refractivity contribution in [1.82, 2.24) is 0 Å². The van der Waals surface area contributed by atoms with Gasteiger partial charge in [-0.2, -0.15) is 0 Å². The van der Waals surface area contributed by atoms with Crippen LogP contribution in [0.1, 0.15) is 133 Å². The summed E-state index contributed by atoms with van der Waals surface area (Å²) in [6, 6.07) is 10.5. The van der Waals surface area contributed by atoms with Gasteiger partial charge in [0.1, 0.15) is 0 Å². The summed E-state index contributed by atoms with van der Waals surface area (Å²) in [6.45, 7) is 33.5. The third-order valence-electron chi connectivity index (χ3n) is 10.9.